The highest BCUT2D eigenvalue weighted by Crippen LogP contribution is 2.31. The van der Waals surface area contributed by atoms with Crippen molar-refractivity contribution in [3.05, 3.63) is 35.4 Å². The Morgan fingerprint density at radius 2 is 1.96 bits per heavy atom. The van der Waals surface area contributed by atoms with Gasteiger partial charge in [-0.15, -0.1) is 0 Å². The molecule has 1 aromatic rings. The van der Waals surface area contributed by atoms with Gasteiger partial charge >= 0.3 is 0 Å². The van der Waals surface area contributed by atoms with Crippen LogP contribution in [0.5, 0.6) is 0 Å². The molecule has 0 bridgehead atoms. The number of likely N-dealkylation sites (tertiary alicyclic amines) is 1. The molecule has 4 heteroatoms. The number of nitrogens with zero attached hydrogens (tertiary/aromatic N) is 1. The second-order valence-electron chi connectivity index (χ2n) is 7.05. The second-order valence-corrected chi connectivity index (χ2v) is 7.05. The Labute approximate surface area is 139 Å². The van der Waals surface area contributed by atoms with E-state index < -0.39 is 0 Å². The average molecular weight is 315 g/mol. The van der Waals surface area contributed by atoms with Crippen molar-refractivity contribution in [1.82, 2.24) is 10.2 Å². The molecule has 1 saturated carbocycles. The van der Waals surface area contributed by atoms with Gasteiger partial charge in [-0.1, -0.05) is 30.7 Å². The van der Waals surface area contributed by atoms with Crippen molar-refractivity contribution in [2.45, 2.75) is 45.2 Å². The maximum atomic E-state index is 12.4. The Bertz CT molecular complexity index is 525. The predicted molar refractivity (Wildman–Crippen MR) is 92.7 cm³/mol. The maximum absolute atomic E-state index is 12.4. The topological polar surface area (TPSA) is 58.4 Å². The molecule has 1 amide bonds. The van der Waals surface area contributed by atoms with Crippen LogP contribution >= 0.6 is 0 Å². The van der Waals surface area contributed by atoms with Crippen LogP contribution in [0.4, 0.5) is 0 Å². The summed E-state index contributed by atoms with van der Waals surface area (Å²) in [6.07, 6.45) is 5.85. The molecule has 1 heterocycles. The molecule has 1 saturated heterocycles. The zero-order chi connectivity index (χ0) is 16.1. The lowest BCUT2D eigenvalue weighted by molar-refractivity contribution is -0.126. The Morgan fingerprint density at radius 3 is 2.74 bits per heavy atom. The van der Waals surface area contributed by atoms with Gasteiger partial charge in [0.1, 0.15) is 0 Å². The minimum Gasteiger partial charge on any atom is -0.352 e. The minimum absolute atomic E-state index is 0.118. The molecule has 2 aliphatic rings. The van der Waals surface area contributed by atoms with Crippen LogP contribution in [0, 0.1) is 11.8 Å². The summed E-state index contributed by atoms with van der Waals surface area (Å²) in [6.45, 7) is 4.70. The smallest absolute Gasteiger partial charge is 0.223 e. The van der Waals surface area contributed by atoms with Gasteiger partial charge in [-0.05, 0) is 62.4 Å². The van der Waals surface area contributed by atoms with E-state index >= 15 is 0 Å². The molecule has 0 radical (unpaired) electrons. The Balaban J connectivity index is 1.52. The van der Waals surface area contributed by atoms with E-state index in [9.17, 15) is 4.79 Å². The summed E-state index contributed by atoms with van der Waals surface area (Å²) < 4.78 is 0. The van der Waals surface area contributed by atoms with Crippen molar-refractivity contribution >= 4 is 5.91 Å². The molecule has 1 aliphatic heterocycles. The molecule has 126 valence electrons. The zero-order valence-electron chi connectivity index (χ0n) is 14.0. The SMILES string of the molecule is NC[C@H]1CCC[C@H]1C(=O)NCc1cccc(CN2CCCC2)c1. The Hall–Kier alpha value is -1.39. The van der Waals surface area contributed by atoms with Gasteiger partial charge in [-0.2, -0.15) is 0 Å². The third kappa shape index (κ3) is 4.33. The van der Waals surface area contributed by atoms with Crippen LogP contribution in [0.3, 0.4) is 0 Å². The Morgan fingerprint density at radius 1 is 1.17 bits per heavy atom. The van der Waals surface area contributed by atoms with Gasteiger partial charge in [-0.3, -0.25) is 9.69 Å². The molecule has 4 nitrogen and oxygen atoms in total. The summed E-state index contributed by atoms with van der Waals surface area (Å²) >= 11 is 0. The minimum atomic E-state index is 0.118. The first-order chi connectivity index (χ1) is 11.3. The quantitative estimate of drug-likeness (QED) is 0.847. The van der Waals surface area contributed by atoms with Crippen LogP contribution in [0.2, 0.25) is 0 Å². The second kappa shape index (κ2) is 7.93. The molecule has 23 heavy (non-hydrogen) atoms. The first-order valence-electron chi connectivity index (χ1n) is 9.04. The van der Waals surface area contributed by atoms with E-state index in [4.69, 9.17) is 5.73 Å². The van der Waals surface area contributed by atoms with Crippen LogP contribution < -0.4 is 11.1 Å². The number of benzene rings is 1. The number of hydrogen-bond donors (Lipinski definition) is 2. The fourth-order valence-electron chi connectivity index (χ4n) is 4.02. The Kier molecular flexibility index (Phi) is 5.68. The highest BCUT2D eigenvalue weighted by Gasteiger charge is 2.31. The molecule has 1 aliphatic carbocycles. The number of carbonyl (C=O) groups is 1. The summed E-state index contributed by atoms with van der Waals surface area (Å²) in [5.41, 5.74) is 8.32. The summed E-state index contributed by atoms with van der Waals surface area (Å²) in [6, 6.07) is 8.62. The summed E-state index contributed by atoms with van der Waals surface area (Å²) in [4.78, 5) is 14.9. The number of nitrogens with two attached hydrogens (primary N) is 1. The average Bonchev–Trinajstić information content (AvgIpc) is 3.24. The number of rotatable bonds is 6. The molecule has 3 rings (SSSR count). The zero-order valence-corrected chi connectivity index (χ0v) is 14.0. The fourth-order valence-corrected chi connectivity index (χ4v) is 4.02. The van der Waals surface area contributed by atoms with E-state index in [1.807, 2.05) is 0 Å². The first kappa shape index (κ1) is 16.5. The van der Waals surface area contributed by atoms with Crippen molar-refractivity contribution < 1.29 is 4.79 Å². The summed E-state index contributed by atoms with van der Waals surface area (Å²) in [5.74, 6) is 0.673. The lowest BCUT2D eigenvalue weighted by Gasteiger charge is -2.18. The monoisotopic (exact) mass is 315 g/mol. The van der Waals surface area contributed by atoms with E-state index in [1.54, 1.807) is 0 Å². The number of carbonyl (C=O) groups excluding carboxylic acids is 1. The van der Waals surface area contributed by atoms with E-state index in [-0.39, 0.29) is 11.8 Å². The van der Waals surface area contributed by atoms with Gasteiger partial charge in [-0.25, -0.2) is 0 Å². The van der Waals surface area contributed by atoms with Gasteiger partial charge in [0.15, 0.2) is 0 Å². The van der Waals surface area contributed by atoms with Crippen molar-refractivity contribution in [1.29, 1.82) is 0 Å². The molecular weight excluding hydrogens is 286 g/mol. The molecule has 3 N–H and O–H groups in total. The van der Waals surface area contributed by atoms with Gasteiger partial charge < -0.3 is 11.1 Å². The molecule has 0 spiro atoms. The van der Waals surface area contributed by atoms with E-state index in [2.05, 4.69) is 34.5 Å². The van der Waals surface area contributed by atoms with Crippen LogP contribution in [0.25, 0.3) is 0 Å². The fraction of sp³-hybridized carbons (Fsp3) is 0.632. The largest absolute Gasteiger partial charge is 0.352 e. The normalized spacial score (nSPS) is 24.9. The molecular formula is C19H29N3O. The van der Waals surface area contributed by atoms with Gasteiger partial charge in [0.25, 0.3) is 0 Å². The van der Waals surface area contributed by atoms with Gasteiger partial charge in [0.05, 0.1) is 0 Å². The number of amides is 1. The molecule has 2 fully saturated rings. The lowest BCUT2D eigenvalue weighted by atomic mass is 9.95. The van der Waals surface area contributed by atoms with Crippen LogP contribution in [-0.2, 0) is 17.9 Å². The van der Waals surface area contributed by atoms with E-state index in [0.717, 1.165) is 25.8 Å². The third-order valence-corrected chi connectivity index (χ3v) is 5.36. The van der Waals surface area contributed by atoms with E-state index in [0.29, 0.717) is 19.0 Å². The van der Waals surface area contributed by atoms with Crippen molar-refractivity contribution in [2.24, 2.45) is 17.6 Å². The molecule has 0 aromatic heterocycles. The lowest BCUT2D eigenvalue weighted by Crippen LogP contribution is -2.34. The molecule has 2 atom stereocenters. The third-order valence-electron chi connectivity index (χ3n) is 5.36. The maximum Gasteiger partial charge on any atom is 0.223 e. The first-order valence-corrected chi connectivity index (χ1v) is 9.04. The van der Waals surface area contributed by atoms with Gasteiger partial charge in [0.2, 0.25) is 5.91 Å². The summed E-state index contributed by atoms with van der Waals surface area (Å²) in [5, 5.41) is 3.12. The van der Waals surface area contributed by atoms with Gasteiger partial charge in [0, 0.05) is 19.0 Å². The highest BCUT2D eigenvalue weighted by atomic mass is 16.1. The standard InChI is InChI=1S/C19H29N3O/c20-12-17-7-4-8-18(17)19(23)21-13-15-5-3-6-16(11-15)14-22-9-1-2-10-22/h3,5-6,11,17-18H,1-2,4,7-10,12-14,20H2,(H,21,23)/t17-,18-/m1/s1. The van der Waals surface area contributed by atoms with Crippen LogP contribution in [0.15, 0.2) is 24.3 Å². The molecule has 1 aromatic carbocycles. The molecule has 0 unspecified atom stereocenters. The van der Waals surface area contributed by atoms with Crippen molar-refractivity contribution in [2.75, 3.05) is 19.6 Å². The van der Waals surface area contributed by atoms with Crippen molar-refractivity contribution in [3.63, 3.8) is 0 Å². The van der Waals surface area contributed by atoms with E-state index in [1.165, 1.54) is 37.1 Å². The van der Waals surface area contributed by atoms with Crippen LogP contribution in [0.1, 0.15) is 43.2 Å². The van der Waals surface area contributed by atoms with Crippen LogP contribution in [-0.4, -0.2) is 30.4 Å². The highest BCUT2D eigenvalue weighted by molar-refractivity contribution is 5.79. The predicted octanol–water partition coefficient (Wildman–Crippen LogP) is 2.27. The van der Waals surface area contributed by atoms with Crippen molar-refractivity contribution in [3.8, 4) is 0 Å². The summed E-state index contributed by atoms with van der Waals surface area (Å²) in [7, 11) is 0. The number of hydrogen-bond acceptors (Lipinski definition) is 3. The number of nitrogens with one attached hydrogen (secondary N) is 1.